The number of carbonyl (C=O) groups excluding carboxylic acids is 1. The first-order valence-corrected chi connectivity index (χ1v) is 8.64. The third-order valence-corrected chi connectivity index (χ3v) is 4.64. The third-order valence-electron chi connectivity index (χ3n) is 4.30. The van der Waals surface area contributed by atoms with Crippen LogP contribution in [0.3, 0.4) is 0 Å². The highest BCUT2D eigenvalue weighted by atomic mass is 35.5. The van der Waals surface area contributed by atoms with E-state index < -0.39 is 0 Å². The van der Waals surface area contributed by atoms with Crippen molar-refractivity contribution in [2.24, 2.45) is 5.92 Å². The summed E-state index contributed by atoms with van der Waals surface area (Å²) in [5.41, 5.74) is 0.996. The van der Waals surface area contributed by atoms with Gasteiger partial charge < -0.3 is 15.0 Å². The zero-order valence-corrected chi connectivity index (χ0v) is 15.1. The van der Waals surface area contributed by atoms with Gasteiger partial charge in [0.25, 0.3) is 0 Å². The number of rotatable bonds is 5. The highest BCUT2D eigenvalue weighted by molar-refractivity contribution is 6.31. The summed E-state index contributed by atoms with van der Waals surface area (Å²) in [7, 11) is 1.86. The van der Waals surface area contributed by atoms with Crippen LogP contribution in [-0.4, -0.2) is 43.2 Å². The number of hydrogen-bond acceptors (Lipinski definition) is 3. The van der Waals surface area contributed by atoms with Gasteiger partial charge in [0.05, 0.1) is 24.7 Å². The number of morpholine rings is 1. The van der Waals surface area contributed by atoms with Crippen LogP contribution in [0.1, 0.15) is 38.8 Å². The molecule has 1 aromatic rings. The monoisotopic (exact) mass is 338 g/mol. The SMILES string of the molecule is CC1CNCC(CC(=O)N(C)C(c2ccccc2Cl)C(C)C)O1. The summed E-state index contributed by atoms with van der Waals surface area (Å²) in [4.78, 5) is 14.5. The van der Waals surface area contributed by atoms with Gasteiger partial charge in [0.1, 0.15) is 0 Å². The second-order valence-corrected chi connectivity index (χ2v) is 7.05. The molecule has 0 aliphatic carbocycles. The minimum Gasteiger partial charge on any atom is -0.372 e. The number of amides is 1. The standard InChI is InChI=1S/C18H27ClN2O2/c1-12(2)18(15-7-5-6-8-16(15)19)21(4)17(22)9-14-11-20-10-13(3)23-14/h5-8,12-14,18,20H,9-11H2,1-4H3. The van der Waals surface area contributed by atoms with Crippen molar-refractivity contribution in [2.75, 3.05) is 20.1 Å². The Balaban J connectivity index is 2.10. The number of halogens is 1. The Kier molecular flexibility index (Phi) is 6.45. The molecule has 0 saturated carbocycles. The average Bonchev–Trinajstić information content (AvgIpc) is 2.49. The van der Waals surface area contributed by atoms with Gasteiger partial charge in [-0.15, -0.1) is 0 Å². The van der Waals surface area contributed by atoms with Crippen molar-refractivity contribution in [3.63, 3.8) is 0 Å². The molecule has 1 saturated heterocycles. The molecule has 1 aliphatic heterocycles. The molecule has 0 bridgehead atoms. The number of nitrogens with zero attached hydrogens (tertiary/aromatic N) is 1. The molecular formula is C18H27ClN2O2. The molecule has 0 radical (unpaired) electrons. The highest BCUT2D eigenvalue weighted by Crippen LogP contribution is 2.33. The molecule has 1 aliphatic rings. The molecule has 5 heteroatoms. The normalized spacial score (nSPS) is 22.9. The Hall–Kier alpha value is -1.10. The minimum absolute atomic E-state index is 0.0369. The zero-order valence-electron chi connectivity index (χ0n) is 14.4. The number of benzene rings is 1. The molecule has 0 spiro atoms. The molecule has 1 N–H and O–H groups in total. The van der Waals surface area contributed by atoms with E-state index in [4.69, 9.17) is 16.3 Å². The summed E-state index contributed by atoms with van der Waals surface area (Å²) < 4.78 is 5.84. The van der Waals surface area contributed by atoms with Crippen LogP contribution >= 0.6 is 11.6 Å². The second-order valence-electron chi connectivity index (χ2n) is 6.65. The molecule has 1 aromatic carbocycles. The first kappa shape index (κ1) is 18.2. The third kappa shape index (κ3) is 4.69. The fraction of sp³-hybridized carbons (Fsp3) is 0.611. The van der Waals surface area contributed by atoms with Gasteiger partial charge in [0.2, 0.25) is 5.91 Å². The van der Waals surface area contributed by atoms with Gasteiger partial charge in [-0.25, -0.2) is 0 Å². The first-order chi connectivity index (χ1) is 10.9. The van der Waals surface area contributed by atoms with Crippen molar-refractivity contribution in [2.45, 2.75) is 45.4 Å². The van der Waals surface area contributed by atoms with Crippen molar-refractivity contribution in [1.29, 1.82) is 0 Å². The Morgan fingerprint density at radius 3 is 2.70 bits per heavy atom. The molecule has 3 atom stereocenters. The highest BCUT2D eigenvalue weighted by Gasteiger charge is 2.29. The quantitative estimate of drug-likeness (QED) is 0.896. The maximum absolute atomic E-state index is 12.7. The van der Waals surface area contributed by atoms with Gasteiger partial charge in [-0.2, -0.15) is 0 Å². The second kappa shape index (κ2) is 8.13. The Morgan fingerprint density at radius 2 is 2.09 bits per heavy atom. The average molecular weight is 339 g/mol. The summed E-state index contributed by atoms with van der Waals surface area (Å²) >= 11 is 6.35. The lowest BCUT2D eigenvalue weighted by Gasteiger charge is -2.34. The summed E-state index contributed by atoms with van der Waals surface area (Å²) in [5, 5.41) is 4.01. The van der Waals surface area contributed by atoms with Gasteiger partial charge in [0, 0.05) is 25.2 Å². The topological polar surface area (TPSA) is 41.6 Å². The van der Waals surface area contributed by atoms with Crippen molar-refractivity contribution >= 4 is 17.5 Å². The van der Waals surface area contributed by atoms with Crippen molar-refractivity contribution < 1.29 is 9.53 Å². The summed E-state index contributed by atoms with van der Waals surface area (Å²) in [6.07, 6.45) is 0.477. The predicted molar refractivity (Wildman–Crippen MR) is 93.6 cm³/mol. The maximum Gasteiger partial charge on any atom is 0.225 e. The molecule has 23 heavy (non-hydrogen) atoms. The molecule has 2 rings (SSSR count). The van der Waals surface area contributed by atoms with E-state index in [9.17, 15) is 4.79 Å². The van der Waals surface area contributed by atoms with Crippen molar-refractivity contribution in [1.82, 2.24) is 10.2 Å². The van der Waals surface area contributed by atoms with Crippen LogP contribution < -0.4 is 5.32 Å². The summed E-state index contributed by atoms with van der Waals surface area (Å²) in [6.45, 7) is 7.81. The number of ether oxygens (including phenoxy) is 1. The van der Waals surface area contributed by atoms with E-state index in [0.29, 0.717) is 11.4 Å². The van der Waals surface area contributed by atoms with Crippen LogP contribution in [0, 0.1) is 5.92 Å². The Bertz CT molecular complexity index is 536. The Labute approximate surface area is 144 Å². The molecule has 1 amide bonds. The van der Waals surface area contributed by atoms with E-state index in [1.54, 1.807) is 0 Å². The fourth-order valence-corrected chi connectivity index (χ4v) is 3.46. The molecule has 1 fully saturated rings. The summed E-state index contributed by atoms with van der Waals surface area (Å²) in [6, 6.07) is 7.71. The minimum atomic E-state index is -0.0623. The van der Waals surface area contributed by atoms with Gasteiger partial charge in [-0.1, -0.05) is 43.6 Å². The lowest BCUT2D eigenvalue weighted by atomic mass is 9.94. The first-order valence-electron chi connectivity index (χ1n) is 8.26. The van der Waals surface area contributed by atoms with Gasteiger partial charge in [-0.3, -0.25) is 4.79 Å². The fourth-order valence-electron chi connectivity index (χ4n) is 3.22. The van der Waals surface area contributed by atoms with E-state index in [1.165, 1.54) is 0 Å². The largest absolute Gasteiger partial charge is 0.372 e. The van der Waals surface area contributed by atoms with Crippen LogP contribution in [0.25, 0.3) is 0 Å². The lowest BCUT2D eigenvalue weighted by Crippen LogP contribution is -2.46. The number of carbonyl (C=O) groups is 1. The van der Waals surface area contributed by atoms with E-state index in [1.807, 2.05) is 43.1 Å². The smallest absolute Gasteiger partial charge is 0.225 e. The van der Waals surface area contributed by atoms with Crippen molar-refractivity contribution in [3.8, 4) is 0 Å². The van der Waals surface area contributed by atoms with Crippen LogP contribution in [0.15, 0.2) is 24.3 Å². The van der Waals surface area contributed by atoms with E-state index in [-0.39, 0.29) is 30.1 Å². The van der Waals surface area contributed by atoms with Crippen LogP contribution in [0.2, 0.25) is 5.02 Å². The molecule has 0 aromatic heterocycles. The zero-order chi connectivity index (χ0) is 17.0. The van der Waals surface area contributed by atoms with Gasteiger partial charge >= 0.3 is 0 Å². The van der Waals surface area contributed by atoms with Crippen molar-refractivity contribution in [3.05, 3.63) is 34.9 Å². The van der Waals surface area contributed by atoms with E-state index >= 15 is 0 Å². The maximum atomic E-state index is 12.7. The molecule has 1 heterocycles. The van der Waals surface area contributed by atoms with E-state index in [0.717, 1.165) is 18.7 Å². The van der Waals surface area contributed by atoms with Crippen LogP contribution in [-0.2, 0) is 9.53 Å². The summed E-state index contributed by atoms with van der Waals surface area (Å²) in [5.74, 6) is 0.359. The number of hydrogen-bond donors (Lipinski definition) is 1. The molecule has 4 nitrogen and oxygen atoms in total. The Morgan fingerprint density at radius 1 is 1.39 bits per heavy atom. The predicted octanol–water partition coefficient (Wildman–Crippen LogP) is 3.26. The van der Waals surface area contributed by atoms with Gasteiger partial charge in [-0.05, 0) is 24.5 Å². The lowest BCUT2D eigenvalue weighted by molar-refractivity contribution is -0.138. The van der Waals surface area contributed by atoms with Crippen LogP contribution in [0.4, 0.5) is 0 Å². The molecular weight excluding hydrogens is 312 g/mol. The molecule has 3 unspecified atom stereocenters. The van der Waals surface area contributed by atoms with E-state index in [2.05, 4.69) is 19.2 Å². The molecule has 128 valence electrons. The van der Waals surface area contributed by atoms with Gasteiger partial charge in [0.15, 0.2) is 0 Å². The number of nitrogens with one attached hydrogen (secondary N) is 1. The van der Waals surface area contributed by atoms with Crippen LogP contribution in [0.5, 0.6) is 0 Å².